The van der Waals surface area contributed by atoms with Crippen molar-refractivity contribution < 1.29 is 14.3 Å². The van der Waals surface area contributed by atoms with E-state index in [1.54, 1.807) is 0 Å². The highest BCUT2D eigenvalue weighted by atomic mass is 19.1. The van der Waals surface area contributed by atoms with Crippen molar-refractivity contribution >= 4 is 5.91 Å². The molecule has 5 heteroatoms. The van der Waals surface area contributed by atoms with Crippen LogP contribution in [-0.2, 0) is 0 Å². The van der Waals surface area contributed by atoms with Gasteiger partial charge in [0, 0.05) is 19.3 Å². The van der Waals surface area contributed by atoms with Gasteiger partial charge in [-0.25, -0.2) is 4.39 Å². The van der Waals surface area contributed by atoms with Gasteiger partial charge in [-0.3, -0.25) is 9.78 Å². The van der Waals surface area contributed by atoms with Crippen LogP contribution in [0, 0.1) is 5.82 Å². The van der Waals surface area contributed by atoms with E-state index in [1.165, 1.54) is 17.2 Å². The number of hydrogen-bond acceptors (Lipinski definition) is 3. The molecule has 0 bridgehead atoms. The molecule has 0 saturated heterocycles. The molecule has 0 aliphatic heterocycles. The summed E-state index contributed by atoms with van der Waals surface area (Å²) in [5.41, 5.74) is 0.222. The molecular formula is C13H19FN2O2. The van der Waals surface area contributed by atoms with E-state index in [0.717, 1.165) is 25.5 Å². The third-order valence-corrected chi connectivity index (χ3v) is 2.64. The molecule has 0 aliphatic rings. The van der Waals surface area contributed by atoms with Gasteiger partial charge in [0.1, 0.15) is 5.82 Å². The Kier molecular flexibility index (Phi) is 6.28. The first-order valence-corrected chi connectivity index (χ1v) is 6.19. The van der Waals surface area contributed by atoms with Crippen molar-refractivity contribution in [3.05, 3.63) is 29.8 Å². The number of hydrogen-bond donors (Lipinski definition) is 1. The molecule has 0 radical (unpaired) electrons. The Balaban J connectivity index is 2.69. The predicted octanol–water partition coefficient (Wildman–Crippen LogP) is 1.85. The first kappa shape index (κ1) is 14.6. The summed E-state index contributed by atoms with van der Waals surface area (Å²) in [6, 6.07) is 1.17. The summed E-state index contributed by atoms with van der Waals surface area (Å²) < 4.78 is 13.0. The fourth-order valence-electron chi connectivity index (χ4n) is 1.70. The monoisotopic (exact) mass is 254 g/mol. The minimum atomic E-state index is -0.529. The van der Waals surface area contributed by atoms with E-state index in [4.69, 9.17) is 5.11 Å². The summed E-state index contributed by atoms with van der Waals surface area (Å²) in [6.45, 7) is 2.82. The highest BCUT2D eigenvalue weighted by molar-refractivity contribution is 5.93. The lowest BCUT2D eigenvalue weighted by Gasteiger charge is -2.21. The summed E-state index contributed by atoms with van der Waals surface area (Å²) >= 11 is 0. The van der Waals surface area contributed by atoms with Gasteiger partial charge in [0.05, 0.1) is 18.4 Å². The number of aliphatic hydroxyl groups is 1. The van der Waals surface area contributed by atoms with E-state index >= 15 is 0 Å². The number of carbonyl (C=O) groups is 1. The zero-order valence-electron chi connectivity index (χ0n) is 10.6. The van der Waals surface area contributed by atoms with Crippen LogP contribution in [0.15, 0.2) is 18.5 Å². The van der Waals surface area contributed by atoms with Crippen LogP contribution in [0.3, 0.4) is 0 Å². The molecular weight excluding hydrogens is 235 g/mol. The highest BCUT2D eigenvalue weighted by Gasteiger charge is 2.15. The van der Waals surface area contributed by atoms with E-state index in [-0.39, 0.29) is 24.6 Å². The van der Waals surface area contributed by atoms with Gasteiger partial charge in [0.2, 0.25) is 0 Å². The fraction of sp³-hybridized carbons (Fsp3) is 0.538. The van der Waals surface area contributed by atoms with Crippen LogP contribution in [-0.4, -0.2) is 40.6 Å². The molecule has 0 atom stereocenters. The fourth-order valence-corrected chi connectivity index (χ4v) is 1.70. The van der Waals surface area contributed by atoms with E-state index in [9.17, 15) is 9.18 Å². The molecule has 1 amide bonds. The molecule has 0 saturated carbocycles. The quantitative estimate of drug-likeness (QED) is 0.755. The lowest BCUT2D eigenvalue weighted by molar-refractivity contribution is 0.0717. The number of aromatic nitrogens is 1. The van der Waals surface area contributed by atoms with Crippen molar-refractivity contribution in [1.82, 2.24) is 9.88 Å². The van der Waals surface area contributed by atoms with Crippen molar-refractivity contribution in [2.45, 2.75) is 26.2 Å². The van der Waals surface area contributed by atoms with Crippen LogP contribution in [0.1, 0.15) is 36.5 Å². The van der Waals surface area contributed by atoms with Crippen LogP contribution in [0.5, 0.6) is 0 Å². The van der Waals surface area contributed by atoms with E-state index < -0.39 is 5.82 Å². The lowest BCUT2D eigenvalue weighted by atomic mass is 10.2. The summed E-state index contributed by atoms with van der Waals surface area (Å²) in [6.07, 6.45) is 5.37. The number of amides is 1. The molecule has 1 aromatic rings. The number of rotatable bonds is 7. The number of carbonyl (C=O) groups excluding carboxylic acids is 1. The maximum absolute atomic E-state index is 13.0. The Morgan fingerprint density at radius 2 is 2.17 bits per heavy atom. The molecule has 0 unspecified atom stereocenters. The van der Waals surface area contributed by atoms with Gasteiger partial charge in [-0.15, -0.1) is 0 Å². The van der Waals surface area contributed by atoms with Crippen LogP contribution in [0.2, 0.25) is 0 Å². The largest absolute Gasteiger partial charge is 0.395 e. The topological polar surface area (TPSA) is 53.4 Å². The molecule has 1 rings (SSSR count). The van der Waals surface area contributed by atoms with Crippen LogP contribution in [0.4, 0.5) is 4.39 Å². The molecule has 0 fully saturated rings. The van der Waals surface area contributed by atoms with Crippen molar-refractivity contribution in [2.75, 3.05) is 19.7 Å². The first-order chi connectivity index (χ1) is 8.69. The van der Waals surface area contributed by atoms with Gasteiger partial charge in [0.25, 0.3) is 5.91 Å². The Hall–Kier alpha value is -1.49. The summed E-state index contributed by atoms with van der Waals surface area (Å²) in [4.78, 5) is 17.3. The van der Waals surface area contributed by atoms with Crippen LogP contribution in [0.25, 0.3) is 0 Å². The van der Waals surface area contributed by atoms with E-state index in [1.807, 2.05) is 0 Å². The summed E-state index contributed by atoms with van der Waals surface area (Å²) in [7, 11) is 0. The second kappa shape index (κ2) is 7.76. The molecule has 1 heterocycles. The number of aliphatic hydroxyl groups excluding tert-OH is 1. The minimum absolute atomic E-state index is 0.0966. The molecule has 100 valence electrons. The van der Waals surface area contributed by atoms with Gasteiger partial charge in [0.15, 0.2) is 0 Å². The molecule has 0 spiro atoms. The first-order valence-electron chi connectivity index (χ1n) is 6.19. The van der Waals surface area contributed by atoms with Gasteiger partial charge in [-0.1, -0.05) is 19.8 Å². The van der Waals surface area contributed by atoms with Crippen molar-refractivity contribution in [2.24, 2.45) is 0 Å². The summed E-state index contributed by atoms with van der Waals surface area (Å²) in [5, 5.41) is 8.96. The average Bonchev–Trinajstić information content (AvgIpc) is 2.37. The second-order valence-corrected chi connectivity index (χ2v) is 4.11. The maximum atomic E-state index is 13.0. The Morgan fingerprint density at radius 3 is 2.78 bits per heavy atom. The van der Waals surface area contributed by atoms with Crippen LogP contribution < -0.4 is 0 Å². The highest BCUT2D eigenvalue weighted by Crippen LogP contribution is 2.07. The molecule has 4 nitrogen and oxygen atoms in total. The Morgan fingerprint density at radius 1 is 1.39 bits per heavy atom. The van der Waals surface area contributed by atoms with Crippen molar-refractivity contribution in [3.63, 3.8) is 0 Å². The molecule has 1 N–H and O–H groups in total. The van der Waals surface area contributed by atoms with Gasteiger partial charge in [-0.2, -0.15) is 0 Å². The smallest absolute Gasteiger partial charge is 0.255 e. The number of unbranched alkanes of at least 4 members (excludes halogenated alkanes) is 2. The van der Waals surface area contributed by atoms with E-state index in [2.05, 4.69) is 11.9 Å². The van der Waals surface area contributed by atoms with Gasteiger partial charge < -0.3 is 10.0 Å². The molecule has 0 aliphatic carbocycles. The SMILES string of the molecule is CCCCCN(CCO)C(=O)c1cncc(F)c1. The minimum Gasteiger partial charge on any atom is -0.395 e. The summed E-state index contributed by atoms with van der Waals surface area (Å²) in [5.74, 6) is -0.814. The lowest BCUT2D eigenvalue weighted by Crippen LogP contribution is -2.34. The van der Waals surface area contributed by atoms with Crippen molar-refractivity contribution in [3.8, 4) is 0 Å². The maximum Gasteiger partial charge on any atom is 0.255 e. The normalized spacial score (nSPS) is 10.4. The zero-order valence-corrected chi connectivity index (χ0v) is 10.6. The third-order valence-electron chi connectivity index (χ3n) is 2.64. The molecule has 0 aromatic carbocycles. The average molecular weight is 254 g/mol. The van der Waals surface area contributed by atoms with Crippen molar-refractivity contribution in [1.29, 1.82) is 0 Å². The Bertz CT molecular complexity index is 385. The molecule has 18 heavy (non-hydrogen) atoms. The number of pyridine rings is 1. The number of nitrogens with zero attached hydrogens (tertiary/aromatic N) is 2. The Labute approximate surface area is 106 Å². The van der Waals surface area contributed by atoms with Gasteiger partial charge in [-0.05, 0) is 12.5 Å². The standard InChI is InChI=1S/C13H19FN2O2/c1-2-3-4-5-16(6-7-17)13(18)11-8-12(14)10-15-9-11/h8-10,17H,2-7H2,1H3. The predicted molar refractivity (Wildman–Crippen MR) is 66.7 cm³/mol. The number of halogens is 1. The second-order valence-electron chi connectivity index (χ2n) is 4.11. The molecule has 1 aromatic heterocycles. The van der Waals surface area contributed by atoms with Crippen LogP contribution >= 0.6 is 0 Å². The van der Waals surface area contributed by atoms with Gasteiger partial charge >= 0.3 is 0 Å². The third kappa shape index (κ3) is 4.41. The van der Waals surface area contributed by atoms with E-state index in [0.29, 0.717) is 6.54 Å². The zero-order chi connectivity index (χ0) is 13.4.